The smallest absolute Gasteiger partial charge is 0.314 e. The number of hydrogen-bond donors (Lipinski definition) is 0. The van der Waals surface area contributed by atoms with E-state index in [0.717, 1.165) is 35.3 Å². The van der Waals surface area contributed by atoms with Crippen LogP contribution in [0.4, 0.5) is 0 Å². The zero-order valence-corrected chi connectivity index (χ0v) is 17.7. The van der Waals surface area contributed by atoms with Crippen molar-refractivity contribution < 1.29 is 4.79 Å². The van der Waals surface area contributed by atoms with Crippen molar-refractivity contribution in [2.75, 3.05) is 0 Å². The number of hydrogen-bond acceptors (Lipinski definition) is 4. The number of aryl methyl sites for hydroxylation is 3. The first kappa shape index (κ1) is 19.9. The highest BCUT2D eigenvalue weighted by Crippen LogP contribution is 2.21. The van der Waals surface area contributed by atoms with Gasteiger partial charge >= 0.3 is 5.69 Å². The highest BCUT2D eigenvalue weighted by Gasteiger charge is 2.23. The Kier molecular flexibility index (Phi) is 4.93. The molecule has 4 rings (SSSR count). The van der Waals surface area contributed by atoms with Crippen LogP contribution in [0.3, 0.4) is 0 Å². The molecule has 30 heavy (non-hydrogen) atoms. The molecule has 3 heterocycles. The van der Waals surface area contributed by atoms with Crippen LogP contribution in [-0.2, 0) is 20.1 Å². The van der Waals surface area contributed by atoms with Crippen molar-refractivity contribution in [1.82, 2.24) is 23.1 Å². The summed E-state index contributed by atoms with van der Waals surface area (Å²) in [5.74, 6) is 0.357. The zero-order valence-electron chi connectivity index (χ0n) is 17.7. The van der Waals surface area contributed by atoms with Crippen molar-refractivity contribution in [3.63, 3.8) is 0 Å². The Hall–Kier alpha value is -3.42. The second-order valence-corrected chi connectivity index (χ2v) is 7.62. The third-order valence-corrected chi connectivity index (χ3v) is 5.76. The zero-order chi connectivity index (χ0) is 21.6. The van der Waals surface area contributed by atoms with Gasteiger partial charge in [-0.05, 0) is 20.3 Å². The van der Waals surface area contributed by atoms with Crippen molar-refractivity contribution >= 4 is 22.7 Å². The molecule has 0 spiro atoms. The first-order chi connectivity index (χ1) is 14.4. The largest absolute Gasteiger partial charge is 0.332 e. The molecule has 0 radical (unpaired) electrons. The molecule has 0 fully saturated rings. The molecule has 8 heteroatoms. The van der Waals surface area contributed by atoms with Crippen molar-refractivity contribution in [2.45, 2.75) is 46.7 Å². The van der Waals surface area contributed by atoms with E-state index in [9.17, 15) is 14.4 Å². The van der Waals surface area contributed by atoms with Crippen LogP contribution in [0.1, 0.15) is 41.5 Å². The molecule has 0 atom stereocenters. The number of carbonyl (C=O) groups is 1. The third kappa shape index (κ3) is 2.91. The lowest BCUT2D eigenvalue weighted by atomic mass is 10.1. The van der Waals surface area contributed by atoms with Crippen LogP contribution in [0.2, 0.25) is 0 Å². The number of ketones is 1. The van der Waals surface area contributed by atoms with Crippen LogP contribution >= 0.6 is 0 Å². The molecular formula is C22H25N5O3. The Morgan fingerprint density at radius 2 is 1.73 bits per heavy atom. The maximum atomic E-state index is 13.4. The van der Waals surface area contributed by atoms with Gasteiger partial charge in [0, 0.05) is 30.5 Å². The average molecular weight is 407 g/mol. The minimum absolute atomic E-state index is 0.289. The Morgan fingerprint density at radius 3 is 2.40 bits per heavy atom. The number of rotatable bonds is 6. The van der Waals surface area contributed by atoms with E-state index in [2.05, 4.69) is 16.5 Å². The molecule has 0 aliphatic carbocycles. The highest BCUT2D eigenvalue weighted by atomic mass is 16.2. The molecule has 8 nitrogen and oxygen atoms in total. The minimum Gasteiger partial charge on any atom is -0.314 e. The van der Waals surface area contributed by atoms with Crippen LogP contribution in [0.15, 0.2) is 39.9 Å². The second kappa shape index (κ2) is 7.44. The van der Waals surface area contributed by atoms with Crippen LogP contribution in [0.25, 0.3) is 16.9 Å². The van der Waals surface area contributed by atoms with Crippen molar-refractivity contribution in [2.24, 2.45) is 7.05 Å². The van der Waals surface area contributed by atoms with E-state index < -0.39 is 11.2 Å². The number of imidazole rings is 2. The summed E-state index contributed by atoms with van der Waals surface area (Å²) < 4.78 is 6.25. The lowest BCUT2D eigenvalue weighted by molar-refractivity contribution is 0.0969. The predicted octanol–water partition coefficient (Wildman–Crippen LogP) is 2.45. The summed E-state index contributed by atoms with van der Waals surface area (Å²) in [6.45, 7) is 6.54. The molecule has 0 saturated carbocycles. The minimum atomic E-state index is -0.549. The Bertz CT molecular complexity index is 1390. The molecule has 3 aromatic heterocycles. The van der Waals surface area contributed by atoms with Crippen molar-refractivity contribution in [3.05, 3.63) is 68.1 Å². The normalized spacial score (nSPS) is 11.6. The van der Waals surface area contributed by atoms with Gasteiger partial charge in [0.15, 0.2) is 16.9 Å². The summed E-state index contributed by atoms with van der Waals surface area (Å²) in [6.07, 6.45) is 2.03. The first-order valence-corrected chi connectivity index (χ1v) is 10.1. The first-order valence-electron chi connectivity index (χ1n) is 10.1. The van der Waals surface area contributed by atoms with Crippen LogP contribution < -0.4 is 11.2 Å². The third-order valence-electron chi connectivity index (χ3n) is 5.76. The SMILES string of the molecule is CCCCn1c(C)c(C)n2c3c(=O)n(CC(=O)c4ccccc4)c(=O)n(C)c3nc12. The van der Waals surface area contributed by atoms with E-state index in [-0.39, 0.29) is 12.3 Å². The van der Waals surface area contributed by atoms with E-state index in [4.69, 9.17) is 0 Å². The van der Waals surface area contributed by atoms with Crippen LogP contribution in [0, 0.1) is 13.8 Å². The monoisotopic (exact) mass is 407 g/mol. The van der Waals surface area contributed by atoms with Gasteiger partial charge in [0.2, 0.25) is 5.78 Å². The summed E-state index contributed by atoms with van der Waals surface area (Å²) >= 11 is 0. The molecule has 0 saturated heterocycles. The Labute approximate surface area is 173 Å². The van der Waals surface area contributed by atoms with Crippen molar-refractivity contribution in [3.8, 4) is 0 Å². The van der Waals surface area contributed by atoms with E-state index >= 15 is 0 Å². The fraction of sp³-hybridized carbons (Fsp3) is 0.364. The number of aromatic nitrogens is 5. The second-order valence-electron chi connectivity index (χ2n) is 7.62. The van der Waals surface area contributed by atoms with Gasteiger partial charge < -0.3 is 4.57 Å². The Balaban J connectivity index is 1.96. The van der Waals surface area contributed by atoms with E-state index in [1.165, 1.54) is 4.57 Å². The summed E-state index contributed by atoms with van der Waals surface area (Å²) in [4.78, 5) is 43.6. The molecule has 0 bridgehead atoms. The van der Waals surface area contributed by atoms with Gasteiger partial charge in [-0.2, -0.15) is 4.98 Å². The summed E-state index contributed by atoms with van der Waals surface area (Å²) in [5.41, 5.74) is 2.00. The van der Waals surface area contributed by atoms with Gasteiger partial charge in [-0.3, -0.25) is 23.1 Å². The number of Topliss-reactive ketones (excluding diaryl/α,β-unsaturated/α-hetero) is 1. The molecule has 0 amide bonds. The fourth-order valence-electron chi connectivity index (χ4n) is 3.90. The van der Waals surface area contributed by atoms with Gasteiger partial charge in [-0.25, -0.2) is 4.79 Å². The van der Waals surface area contributed by atoms with Gasteiger partial charge in [-0.15, -0.1) is 0 Å². The summed E-state index contributed by atoms with van der Waals surface area (Å²) in [5, 5.41) is 0. The van der Waals surface area contributed by atoms with Gasteiger partial charge in [-0.1, -0.05) is 43.7 Å². The van der Waals surface area contributed by atoms with E-state index in [0.29, 0.717) is 22.5 Å². The van der Waals surface area contributed by atoms with Crippen molar-refractivity contribution in [1.29, 1.82) is 0 Å². The molecule has 0 aliphatic heterocycles. The summed E-state index contributed by atoms with van der Waals surface area (Å²) in [6, 6.07) is 8.67. The van der Waals surface area contributed by atoms with E-state index in [1.54, 1.807) is 31.3 Å². The fourth-order valence-corrected chi connectivity index (χ4v) is 3.90. The van der Waals surface area contributed by atoms with Crippen LogP contribution in [0.5, 0.6) is 0 Å². The molecule has 1 aromatic carbocycles. The molecule has 0 aliphatic rings. The summed E-state index contributed by atoms with van der Waals surface area (Å²) in [7, 11) is 1.58. The molecule has 0 unspecified atom stereocenters. The average Bonchev–Trinajstić information content (AvgIpc) is 3.25. The predicted molar refractivity (Wildman–Crippen MR) is 115 cm³/mol. The highest BCUT2D eigenvalue weighted by molar-refractivity contribution is 5.96. The maximum Gasteiger partial charge on any atom is 0.332 e. The van der Waals surface area contributed by atoms with E-state index in [1.807, 2.05) is 24.3 Å². The molecule has 156 valence electrons. The van der Waals surface area contributed by atoms with Gasteiger partial charge in [0.05, 0.1) is 6.54 Å². The lowest BCUT2D eigenvalue weighted by Crippen LogP contribution is -2.41. The number of fused-ring (bicyclic) bond motifs is 3. The number of carbonyl (C=O) groups excluding carboxylic acids is 1. The number of benzene rings is 1. The molecule has 4 aromatic rings. The topological polar surface area (TPSA) is 83.3 Å². The van der Waals surface area contributed by atoms with Crippen LogP contribution in [-0.4, -0.2) is 28.9 Å². The standard InChI is InChI=1S/C22H25N5O3/c1-5-6-12-25-14(2)15(3)27-18-19(23-21(25)27)24(4)22(30)26(20(18)29)13-17(28)16-10-8-7-9-11-16/h7-11H,5-6,12-13H2,1-4H3. The maximum absolute atomic E-state index is 13.4. The lowest BCUT2D eigenvalue weighted by Gasteiger charge is -2.08. The number of unbranched alkanes of at least 4 members (excludes halogenated alkanes) is 1. The molecular weight excluding hydrogens is 382 g/mol. The van der Waals surface area contributed by atoms with Gasteiger partial charge in [0.25, 0.3) is 5.56 Å². The quantitative estimate of drug-likeness (QED) is 0.460. The van der Waals surface area contributed by atoms with Gasteiger partial charge in [0.1, 0.15) is 0 Å². The molecule has 0 N–H and O–H groups in total. The Morgan fingerprint density at radius 1 is 1.03 bits per heavy atom. The number of nitrogens with zero attached hydrogens (tertiary/aromatic N) is 5.